The van der Waals surface area contributed by atoms with Crippen LogP contribution in [0.2, 0.25) is 0 Å². The summed E-state index contributed by atoms with van der Waals surface area (Å²) in [6, 6.07) is 35.1. The van der Waals surface area contributed by atoms with Gasteiger partial charge in [-0.1, -0.05) is 72.3 Å². The van der Waals surface area contributed by atoms with Gasteiger partial charge in [0.15, 0.2) is 0 Å². The zero-order chi connectivity index (χ0) is 17.3. The van der Waals surface area contributed by atoms with Crippen molar-refractivity contribution in [2.45, 2.75) is 0 Å². The van der Waals surface area contributed by atoms with Crippen molar-refractivity contribution in [2.75, 3.05) is 0 Å². The van der Waals surface area contributed by atoms with Crippen LogP contribution in [0, 0.1) is 6.07 Å². The van der Waals surface area contributed by atoms with Gasteiger partial charge in [0, 0.05) is 32.8 Å². The molecule has 2 heteroatoms. The second-order valence-electron chi connectivity index (χ2n) is 6.40. The number of aromatic nitrogens is 1. The summed E-state index contributed by atoms with van der Waals surface area (Å²) in [7, 11) is 0. The van der Waals surface area contributed by atoms with Crippen molar-refractivity contribution in [3.63, 3.8) is 0 Å². The summed E-state index contributed by atoms with van der Waals surface area (Å²) < 4.78 is 0. The summed E-state index contributed by atoms with van der Waals surface area (Å²) in [4.78, 5) is 4.59. The molecule has 27 heavy (non-hydrogen) atoms. The van der Waals surface area contributed by atoms with E-state index in [0.29, 0.717) is 0 Å². The van der Waals surface area contributed by atoms with Crippen LogP contribution in [0.3, 0.4) is 0 Å². The van der Waals surface area contributed by atoms with Crippen LogP contribution < -0.4 is 0 Å². The van der Waals surface area contributed by atoms with Crippen LogP contribution in [0.15, 0.2) is 97.2 Å². The molecule has 5 aromatic rings. The Morgan fingerprint density at radius 1 is 0.667 bits per heavy atom. The molecular formula is C25H16NPt-. The van der Waals surface area contributed by atoms with E-state index in [-0.39, 0.29) is 21.1 Å². The van der Waals surface area contributed by atoms with Crippen molar-refractivity contribution in [1.29, 1.82) is 0 Å². The van der Waals surface area contributed by atoms with E-state index in [2.05, 4.69) is 89.9 Å². The van der Waals surface area contributed by atoms with Crippen molar-refractivity contribution in [1.82, 2.24) is 4.98 Å². The third-order valence-electron chi connectivity index (χ3n) is 4.83. The van der Waals surface area contributed by atoms with Gasteiger partial charge in [0.05, 0.1) is 0 Å². The largest absolute Gasteiger partial charge is 0.266 e. The van der Waals surface area contributed by atoms with E-state index >= 15 is 0 Å². The molecule has 1 aromatic heterocycles. The van der Waals surface area contributed by atoms with Crippen molar-refractivity contribution in [3.05, 3.63) is 103 Å². The molecule has 132 valence electrons. The average Bonchev–Trinajstić information content (AvgIpc) is 2.73. The molecule has 1 heterocycles. The smallest absolute Gasteiger partial charge is 0.0366 e. The Bertz CT molecular complexity index is 1140. The molecule has 0 unspecified atom stereocenters. The Balaban J connectivity index is 0.00000180. The molecule has 0 aliphatic carbocycles. The van der Waals surface area contributed by atoms with Crippen LogP contribution in [0.25, 0.3) is 43.9 Å². The first kappa shape index (κ1) is 17.6. The molecule has 0 radical (unpaired) electrons. The minimum absolute atomic E-state index is 0. The molecule has 0 bridgehead atoms. The van der Waals surface area contributed by atoms with Crippen LogP contribution in [0.5, 0.6) is 0 Å². The van der Waals surface area contributed by atoms with E-state index in [1.165, 1.54) is 21.9 Å². The standard InChI is InChI=1S/C25H16N.Pt/c1-2-13-22-18(7-1)8-4-14-23(22)20-10-3-11-21(17-20)24-15-5-9-19-12-6-16-26-25(19)24;/h1-10,12-17H;/q-1;. The Labute approximate surface area is 173 Å². The number of para-hydroxylation sites is 1. The molecule has 0 atom stereocenters. The molecule has 0 N–H and O–H groups in total. The Morgan fingerprint density at radius 3 is 2.33 bits per heavy atom. The fourth-order valence-electron chi connectivity index (χ4n) is 3.59. The maximum atomic E-state index is 4.59. The quantitative estimate of drug-likeness (QED) is 0.239. The Hall–Kier alpha value is -2.76. The zero-order valence-corrected chi connectivity index (χ0v) is 16.8. The van der Waals surface area contributed by atoms with Crippen molar-refractivity contribution >= 4 is 21.7 Å². The van der Waals surface area contributed by atoms with Gasteiger partial charge in [-0.3, -0.25) is 4.98 Å². The molecule has 0 spiro atoms. The van der Waals surface area contributed by atoms with E-state index in [9.17, 15) is 0 Å². The van der Waals surface area contributed by atoms with Crippen molar-refractivity contribution in [3.8, 4) is 22.3 Å². The van der Waals surface area contributed by atoms with Gasteiger partial charge >= 0.3 is 0 Å². The summed E-state index contributed by atoms with van der Waals surface area (Å²) in [6.07, 6.45) is 1.85. The number of benzene rings is 4. The second kappa shape index (κ2) is 7.46. The fourth-order valence-corrected chi connectivity index (χ4v) is 3.59. The molecule has 5 rings (SSSR count). The average molecular weight is 525 g/mol. The molecule has 0 aliphatic heterocycles. The predicted molar refractivity (Wildman–Crippen MR) is 109 cm³/mol. The molecule has 1 nitrogen and oxygen atoms in total. The van der Waals surface area contributed by atoms with E-state index in [0.717, 1.165) is 22.0 Å². The number of rotatable bonds is 2. The third-order valence-corrected chi connectivity index (χ3v) is 4.83. The number of hydrogen-bond donors (Lipinski definition) is 0. The molecule has 0 fully saturated rings. The van der Waals surface area contributed by atoms with E-state index in [1.54, 1.807) is 0 Å². The summed E-state index contributed by atoms with van der Waals surface area (Å²) in [5.74, 6) is 0. The molecular weight excluding hydrogens is 509 g/mol. The summed E-state index contributed by atoms with van der Waals surface area (Å²) in [5.41, 5.74) is 5.64. The minimum atomic E-state index is 0. The summed E-state index contributed by atoms with van der Waals surface area (Å²) in [5, 5.41) is 3.67. The van der Waals surface area contributed by atoms with E-state index in [4.69, 9.17) is 0 Å². The van der Waals surface area contributed by atoms with Crippen LogP contribution in [-0.2, 0) is 21.1 Å². The first-order chi connectivity index (χ1) is 12.9. The van der Waals surface area contributed by atoms with Crippen molar-refractivity contribution in [2.24, 2.45) is 0 Å². The summed E-state index contributed by atoms with van der Waals surface area (Å²) >= 11 is 0. The van der Waals surface area contributed by atoms with Gasteiger partial charge in [-0.05, 0) is 27.8 Å². The molecule has 0 saturated heterocycles. The fraction of sp³-hybridized carbons (Fsp3) is 0. The van der Waals surface area contributed by atoms with Crippen LogP contribution in [-0.4, -0.2) is 4.98 Å². The normalized spacial score (nSPS) is 10.7. The number of hydrogen-bond acceptors (Lipinski definition) is 1. The second-order valence-corrected chi connectivity index (χ2v) is 6.40. The van der Waals surface area contributed by atoms with Gasteiger partial charge in [0.2, 0.25) is 0 Å². The molecule has 0 aliphatic rings. The Morgan fingerprint density at radius 2 is 1.41 bits per heavy atom. The monoisotopic (exact) mass is 525 g/mol. The number of nitrogens with zero attached hydrogens (tertiary/aromatic N) is 1. The number of pyridine rings is 1. The van der Waals surface area contributed by atoms with Crippen molar-refractivity contribution < 1.29 is 21.1 Å². The zero-order valence-electron chi connectivity index (χ0n) is 14.5. The summed E-state index contributed by atoms with van der Waals surface area (Å²) in [6.45, 7) is 0. The third kappa shape index (κ3) is 3.20. The maximum Gasteiger partial charge on any atom is 0.0366 e. The SMILES string of the molecule is [Pt].[c-]1ccc(-c2cccc3ccccc23)cc1-c1cccc2cccnc12. The first-order valence-electron chi connectivity index (χ1n) is 8.74. The molecule has 0 amide bonds. The van der Waals surface area contributed by atoms with Crippen LogP contribution >= 0.6 is 0 Å². The van der Waals surface area contributed by atoms with Gasteiger partial charge in [-0.15, -0.1) is 35.4 Å². The van der Waals surface area contributed by atoms with Crippen LogP contribution in [0.4, 0.5) is 0 Å². The van der Waals surface area contributed by atoms with Gasteiger partial charge in [-0.25, -0.2) is 0 Å². The number of fused-ring (bicyclic) bond motifs is 2. The van der Waals surface area contributed by atoms with Gasteiger partial charge < -0.3 is 0 Å². The van der Waals surface area contributed by atoms with E-state index < -0.39 is 0 Å². The first-order valence-corrected chi connectivity index (χ1v) is 8.74. The van der Waals surface area contributed by atoms with Gasteiger partial charge in [0.1, 0.15) is 0 Å². The van der Waals surface area contributed by atoms with E-state index in [1.807, 2.05) is 18.3 Å². The van der Waals surface area contributed by atoms with Crippen LogP contribution in [0.1, 0.15) is 0 Å². The van der Waals surface area contributed by atoms with Gasteiger partial charge in [-0.2, -0.15) is 0 Å². The minimum Gasteiger partial charge on any atom is -0.266 e. The Kier molecular flexibility index (Phi) is 4.88. The maximum absolute atomic E-state index is 4.59. The molecule has 4 aromatic carbocycles. The van der Waals surface area contributed by atoms with Gasteiger partial charge in [0.25, 0.3) is 0 Å². The topological polar surface area (TPSA) is 12.9 Å². The predicted octanol–water partition coefficient (Wildman–Crippen LogP) is 6.52. The molecule has 0 saturated carbocycles.